The molecule has 1 saturated carbocycles. The van der Waals surface area contributed by atoms with Crippen LogP contribution in [0.5, 0.6) is 0 Å². The monoisotopic (exact) mass is 567 g/mol. The van der Waals surface area contributed by atoms with Crippen molar-refractivity contribution < 1.29 is 14.3 Å². The second-order valence-corrected chi connectivity index (χ2v) is 11.4. The number of aromatic nitrogens is 2. The first-order valence-electron chi connectivity index (χ1n) is 14.5. The number of anilines is 2. The third-order valence-electron chi connectivity index (χ3n) is 7.85. The molecule has 4 N–H and O–H groups in total. The van der Waals surface area contributed by atoms with Gasteiger partial charge in [0.1, 0.15) is 18.0 Å². The number of aliphatic hydroxyl groups is 1. The molecule has 7 nitrogen and oxygen atoms in total. The summed E-state index contributed by atoms with van der Waals surface area (Å²) in [5.41, 5.74) is 5.75. The van der Waals surface area contributed by atoms with Gasteiger partial charge < -0.3 is 21.1 Å². The molecule has 4 aromatic rings. The van der Waals surface area contributed by atoms with Crippen molar-refractivity contribution in [1.82, 2.24) is 20.6 Å². The van der Waals surface area contributed by atoms with E-state index < -0.39 is 12.1 Å². The minimum absolute atomic E-state index is 0.114. The molecule has 1 aromatic heterocycles. The van der Waals surface area contributed by atoms with Gasteiger partial charge in [-0.3, -0.25) is 4.79 Å². The molecule has 3 aromatic carbocycles. The van der Waals surface area contributed by atoms with Crippen LogP contribution in [0.1, 0.15) is 56.2 Å². The first kappa shape index (κ1) is 29.4. The largest absolute Gasteiger partial charge is 0.390 e. The number of hydrogen-bond donors (Lipinski definition) is 4. The molecule has 0 aliphatic heterocycles. The predicted octanol–water partition coefficient (Wildman–Crippen LogP) is 5.84. The zero-order valence-electron chi connectivity index (χ0n) is 24.3. The Morgan fingerprint density at radius 3 is 2.40 bits per heavy atom. The Hall–Kier alpha value is -4.14. The maximum absolute atomic E-state index is 13.3. The summed E-state index contributed by atoms with van der Waals surface area (Å²) in [6, 6.07) is 24.0. The number of hydrogen-bond acceptors (Lipinski definition) is 6. The Morgan fingerprint density at radius 1 is 1.00 bits per heavy atom. The van der Waals surface area contributed by atoms with Crippen molar-refractivity contribution in [1.29, 1.82) is 0 Å². The summed E-state index contributed by atoms with van der Waals surface area (Å²) in [6.07, 6.45) is 3.25. The van der Waals surface area contributed by atoms with Crippen LogP contribution in [-0.4, -0.2) is 39.7 Å². The molecule has 0 bridgehead atoms. The van der Waals surface area contributed by atoms with Gasteiger partial charge in [0.05, 0.1) is 17.8 Å². The molecular formula is C34H38FN5O2. The highest BCUT2D eigenvalue weighted by atomic mass is 19.1. The average molecular weight is 568 g/mol. The van der Waals surface area contributed by atoms with Crippen LogP contribution in [0.2, 0.25) is 0 Å². The third kappa shape index (κ3) is 7.38. The molecule has 1 heterocycles. The average Bonchev–Trinajstić information content (AvgIpc) is 3.78. The fourth-order valence-electron chi connectivity index (χ4n) is 5.20. The van der Waals surface area contributed by atoms with Crippen molar-refractivity contribution in [3.8, 4) is 11.3 Å². The molecular weight excluding hydrogens is 529 g/mol. The maximum Gasteiger partial charge on any atom is 0.217 e. The van der Waals surface area contributed by atoms with Crippen LogP contribution < -0.4 is 16.0 Å². The molecule has 1 amide bonds. The minimum atomic E-state index is -0.761. The van der Waals surface area contributed by atoms with E-state index in [-0.39, 0.29) is 17.3 Å². The van der Waals surface area contributed by atoms with Gasteiger partial charge in [0.2, 0.25) is 5.91 Å². The normalized spacial score (nSPS) is 15.2. The lowest BCUT2D eigenvalue weighted by atomic mass is 9.96. The van der Waals surface area contributed by atoms with E-state index in [1.165, 1.54) is 36.5 Å². The molecule has 1 fully saturated rings. The number of nitrogens with one attached hydrogen (secondary N) is 3. The lowest BCUT2D eigenvalue weighted by Crippen LogP contribution is -2.49. The van der Waals surface area contributed by atoms with Crippen LogP contribution in [0.15, 0.2) is 85.2 Å². The van der Waals surface area contributed by atoms with Gasteiger partial charge in [0, 0.05) is 36.3 Å². The lowest BCUT2D eigenvalue weighted by molar-refractivity contribution is -0.120. The van der Waals surface area contributed by atoms with Gasteiger partial charge in [-0.2, -0.15) is 0 Å². The number of carbonyl (C=O) groups excluding carboxylic acids is 1. The van der Waals surface area contributed by atoms with Crippen molar-refractivity contribution in [3.05, 3.63) is 108 Å². The Balaban J connectivity index is 1.21. The van der Waals surface area contributed by atoms with E-state index in [9.17, 15) is 14.3 Å². The topological polar surface area (TPSA) is 99.2 Å². The summed E-state index contributed by atoms with van der Waals surface area (Å²) in [6.45, 7) is 6.24. The second-order valence-electron chi connectivity index (χ2n) is 11.4. The first-order valence-corrected chi connectivity index (χ1v) is 14.5. The molecule has 0 radical (unpaired) electrons. The molecule has 1 aliphatic rings. The van der Waals surface area contributed by atoms with Crippen molar-refractivity contribution in [3.63, 3.8) is 0 Å². The number of benzene rings is 3. The predicted molar refractivity (Wildman–Crippen MR) is 164 cm³/mol. The molecule has 1 aliphatic carbocycles. The van der Waals surface area contributed by atoms with E-state index >= 15 is 0 Å². The van der Waals surface area contributed by atoms with E-state index in [0.29, 0.717) is 30.4 Å². The van der Waals surface area contributed by atoms with Crippen molar-refractivity contribution >= 4 is 17.4 Å². The Kier molecular flexibility index (Phi) is 8.94. The van der Waals surface area contributed by atoms with Crippen LogP contribution in [0.3, 0.4) is 0 Å². The van der Waals surface area contributed by atoms with Gasteiger partial charge in [0.25, 0.3) is 0 Å². The number of aliphatic hydroxyl groups excluding tert-OH is 1. The summed E-state index contributed by atoms with van der Waals surface area (Å²) in [5.74, 6) is 0.596. The van der Waals surface area contributed by atoms with Gasteiger partial charge in [-0.25, -0.2) is 14.4 Å². The number of rotatable bonds is 12. The molecule has 5 rings (SSSR count). The van der Waals surface area contributed by atoms with Crippen molar-refractivity contribution in [2.24, 2.45) is 0 Å². The standard InChI is InChI=1S/C34H38FN5O2/c1-22(2)26-5-4-6-27(18-26)34(15-16-34)38-20-32(42)31(39-23(3)41)17-24-7-13-29(14-8-24)40-33-19-30(36-21-37-33)25-9-11-28(35)12-10-25/h4-14,18-19,21-22,31-32,38,42H,15-17,20H2,1-3H3,(H,39,41)(H,36,37,40)/t31-,32-/m0/s1. The molecule has 0 spiro atoms. The van der Waals surface area contributed by atoms with Gasteiger partial charge in [-0.15, -0.1) is 0 Å². The van der Waals surface area contributed by atoms with Crippen LogP contribution in [-0.2, 0) is 16.8 Å². The van der Waals surface area contributed by atoms with Crippen molar-refractivity contribution in [2.45, 2.75) is 63.6 Å². The number of amides is 1. The fourth-order valence-corrected chi connectivity index (χ4v) is 5.20. The molecule has 2 atom stereocenters. The van der Waals surface area contributed by atoms with E-state index in [1.807, 2.05) is 30.3 Å². The zero-order valence-corrected chi connectivity index (χ0v) is 24.3. The zero-order chi connectivity index (χ0) is 29.7. The van der Waals surface area contributed by atoms with Gasteiger partial charge in [0.15, 0.2) is 0 Å². The first-order chi connectivity index (χ1) is 20.2. The molecule has 218 valence electrons. The molecule has 0 unspecified atom stereocenters. The van der Waals surface area contributed by atoms with Gasteiger partial charge in [-0.05, 0) is 78.3 Å². The fraction of sp³-hybridized carbons (Fsp3) is 0.324. The summed E-state index contributed by atoms with van der Waals surface area (Å²) in [4.78, 5) is 20.6. The van der Waals surface area contributed by atoms with E-state index in [0.717, 1.165) is 29.7 Å². The summed E-state index contributed by atoms with van der Waals surface area (Å²) < 4.78 is 13.3. The van der Waals surface area contributed by atoms with E-state index in [4.69, 9.17) is 0 Å². The highest BCUT2D eigenvalue weighted by molar-refractivity contribution is 5.73. The summed E-state index contributed by atoms with van der Waals surface area (Å²) in [7, 11) is 0. The van der Waals surface area contributed by atoms with Crippen LogP contribution >= 0.6 is 0 Å². The van der Waals surface area contributed by atoms with Gasteiger partial charge in [-0.1, -0.05) is 50.2 Å². The molecule has 8 heteroatoms. The quantitative estimate of drug-likeness (QED) is 0.172. The second kappa shape index (κ2) is 12.8. The summed E-state index contributed by atoms with van der Waals surface area (Å²) in [5, 5.41) is 21.0. The van der Waals surface area contributed by atoms with Crippen LogP contribution in [0, 0.1) is 5.82 Å². The highest BCUT2D eigenvalue weighted by Gasteiger charge is 2.44. The van der Waals surface area contributed by atoms with Crippen LogP contribution in [0.25, 0.3) is 11.3 Å². The van der Waals surface area contributed by atoms with Gasteiger partial charge >= 0.3 is 0 Å². The summed E-state index contributed by atoms with van der Waals surface area (Å²) >= 11 is 0. The Morgan fingerprint density at radius 2 is 1.74 bits per heavy atom. The lowest BCUT2D eigenvalue weighted by Gasteiger charge is -2.27. The molecule has 0 saturated heterocycles. The minimum Gasteiger partial charge on any atom is -0.390 e. The SMILES string of the molecule is CC(=O)N[C@@H](Cc1ccc(Nc2cc(-c3ccc(F)cc3)ncn2)cc1)[C@@H](O)CNC1(c2cccc(C(C)C)c2)CC1. The Labute approximate surface area is 246 Å². The number of halogens is 1. The Bertz CT molecular complexity index is 1500. The van der Waals surface area contributed by atoms with Crippen molar-refractivity contribution in [2.75, 3.05) is 11.9 Å². The van der Waals surface area contributed by atoms with Crippen LogP contribution in [0.4, 0.5) is 15.9 Å². The maximum atomic E-state index is 13.3. The van der Waals surface area contributed by atoms with E-state index in [1.54, 1.807) is 12.1 Å². The molecule has 42 heavy (non-hydrogen) atoms. The smallest absolute Gasteiger partial charge is 0.217 e. The van der Waals surface area contributed by atoms with E-state index in [2.05, 4.69) is 64.0 Å². The number of nitrogens with zero attached hydrogens (tertiary/aromatic N) is 2. The highest BCUT2D eigenvalue weighted by Crippen LogP contribution is 2.46. The number of carbonyl (C=O) groups is 1. The third-order valence-corrected chi connectivity index (χ3v) is 7.85.